The number of ether oxygens (including phenoxy) is 2. The highest BCUT2D eigenvalue weighted by Gasteiger charge is 2.66. The highest BCUT2D eigenvalue weighted by molar-refractivity contribution is 7.91. The number of carbonyl (C=O) groups excluding carboxylic acids is 4. The number of allylic oxidation sites excluding steroid dienone is 1. The van der Waals surface area contributed by atoms with E-state index in [1.165, 1.54) is 4.90 Å². The number of sulfonamides is 1. The zero-order valence-electron chi connectivity index (χ0n) is 31.7. The van der Waals surface area contributed by atoms with Crippen molar-refractivity contribution >= 4 is 50.9 Å². The molecule has 2 aliphatic carbocycles. The van der Waals surface area contributed by atoms with Crippen molar-refractivity contribution in [3.8, 4) is 17.1 Å². The lowest BCUT2D eigenvalue weighted by Crippen LogP contribution is -2.59. The van der Waals surface area contributed by atoms with Gasteiger partial charge in [0.1, 0.15) is 29.4 Å². The average Bonchev–Trinajstić information content (AvgIpc) is 4.11. The molecule has 17 heteroatoms. The second-order valence-electron chi connectivity index (χ2n) is 15.5. The number of alkyl carbamates (subject to hydrolysis) is 1. The first-order valence-electron chi connectivity index (χ1n) is 19.4. The zero-order chi connectivity index (χ0) is 40.5. The summed E-state index contributed by atoms with van der Waals surface area (Å²) in [5.74, 6) is -4.89. The van der Waals surface area contributed by atoms with Crippen LogP contribution < -0.4 is 20.1 Å². The van der Waals surface area contributed by atoms with Gasteiger partial charge >= 0.3 is 6.09 Å². The van der Waals surface area contributed by atoms with Crippen LogP contribution in [0.5, 0.6) is 5.88 Å². The van der Waals surface area contributed by atoms with Gasteiger partial charge in [-0.2, -0.15) is 0 Å². The third-order valence-electron chi connectivity index (χ3n) is 10.9. The number of carbonyl (C=O) groups is 4. The van der Waals surface area contributed by atoms with Crippen LogP contribution in [-0.2, 0) is 29.1 Å². The smallest absolute Gasteiger partial charge is 0.407 e. The van der Waals surface area contributed by atoms with Gasteiger partial charge in [0.15, 0.2) is 0 Å². The van der Waals surface area contributed by atoms with Crippen LogP contribution in [0.1, 0.15) is 70.8 Å². The van der Waals surface area contributed by atoms with Crippen molar-refractivity contribution in [2.75, 3.05) is 13.2 Å². The summed E-state index contributed by atoms with van der Waals surface area (Å²) in [6.07, 6.45) is 2.31. The average molecular weight is 809 g/mol. The molecule has 3 fully saturated rings. The Labute approximate surface area is 329 Å². The van der Waals surface area contributed by atoms with Crippen LogP contribution in [-0.4, -0.2) is 95.7 Å². The lowest BCUT2D eigenvalue weighted by molar-refractivity contribution is -0.142. The van der Waals surface area contributed by atoms with Gasteiger partial charge in [-0.05, 0) is 68.6 Å². The van der Waals surface area contributed by atoms with E-state index in [0.29, 0.717) is 41.6 Å². The van der Waals surface area contributed by atoms with Crippen molar-refractivity contribution < 1.29 is 45.9 Å². The number of alkyl halides is 2. The monoisotopic (exact) mass is 808 g/mol. The van der Waals surface area contributed by atoms with Crippen molar-refractivity contribution in [1.29, 1.82) is 0 Å². The molecule has 57 heavy (non-hydrogen) atoms. The fraction of sp³-hybridized carbons (Fsp3) is 0.500. The molecule has 0 unspecified atom stereocenters. The molecule has 5 bridgehead atoms. The molecule has 0 radical (unpaired) electrons. The number of fused-ring (bicyclic) bond motifs is 4. The van der Waals surface area contributed by atoms with E-state index in [1.54, 1.807) is 13.8 Å². The Bertz CT molecular complexity index is 2170. The van der Waals surface area contributed by atoms with E-state index >= 15 is 0 Å². The van der Waals surface area contributed by atoms with Gasteiger partial charge in [0, 0.05) is 12.0 Å². The largest absolute Gasteiger partial charge is 0.471 e. The van der Waals surface area contributed by atoms with E-state index in [9.17, 15) is 36.4 Å². The maximum atomic E-state index is 14.4. The van der Waals surface area contributed by atoms with Gasteiger partial charge in [0.2, 0.25) is 34.1 Å². The number of benzene rings is 2. The molecule has 4 amide bonds. The number of aromatic nitrogens is 2. The highest BCUT2D eigenvalue weighted by Crippen LogP contribution is 2.48. The Morgan fingerprint density at radius 3 is 2.49 bits per heavy atom. The van der Waals surface area contributed by atoms with Gasteiger partial charge in [-0.3, -0.25) is 19.1 Å². The minimum absolute atomic E-state index is 0.125. The normalized spacial score (nSPS) is 26.4. The summed E-state index contributed by atoms with van der Waals surface area (Å²) < 4.78 is 67.5. The summed E-state index contributed by atoms with van der Waals surface area (Å²) in [5.41, 5.74) is 0.918. The summed E-state index contributed by atoms with van der Waals surface area (Å²) in [5, 5.41) is 4.25. The molecule has 2 saturated carbocycles. The van der Waals surface area contributed by atoms with Gasteiger partial charge in [-0.15, -0.1) is 0 Å². The Morgan fingerprint density at radius 1 is 1.02 bits per heavy atom. The molecule has 5 atom stereocenters. The molecular formula is C40H46F2N6O8S. The molecule has 3 aromatic rings. The van der Waals surface area contributed by atoms with Crippen molar-refractivity contribution in [3.05, 3.63) is 60.2 Å². The SMILES string of the molecule is CC(C)[C@@H]1NC(=O)OCCCCC/C=C/c2ccc3nc(-c4ccccc4)c(nc3c2)O[C@@H]2C[C@@H](C(=O)N[C@@]3(C(=O)NS(=O)(=O)C4CC4)C[C@H]3C(F)F)N(C2)C1=O. The van der Waals surface area contributed by atoms with E-state index in [1.807, 2.05) is 59.3 Å². The zero-order valence-corrected chi connectivity index (χ0v) is 32.5. The standard InChI is InChI=1S/C40H46F2N6O8S/c1-23(2)32-37(50)48-22-26(20-31(48)35(49)46-40(21-28(40)34(41)42)38(51)47-57(53,54)27-15-16-27)56-36-33(25-12-8-6-9-13-25)43-29-17-14-24(19-30(29)44-36)11-7-4-3-5-10-18-55-39(52)45-32/h6-9,11-14,17,19,23,26-28,31-32,34H,3-5,10,15-16,18,20-22H2,1-2H3,(H,45,52)(H,46,49)(H,47,51)/b11-7+/t26-,28+,31+,32+,40+/m1/s1. The summed E-state index contributed by atoms with van der Waals surface area (Å²) in [7, 11) is -4.14. The van der Waals surface area contributed by atoms with Crippen LogP contribution >= 0.6 is 0 Å². The molecule has 304 valence electrons. The second-order valence-corrected chi connectivity index (χ2v) is 17.5. The number of cyclic esters (lactones) is 1. The number of rotatable bonds is 8. The van der Waals surface area contributed by atoms with Crippen LogP contribution in [0.15, 0.2) is 54.6 Å². The van der Waals surface area contributed by atoms with Crippen molar-refractivity contribution in [1.82, 2.24) is 30.2 Å². The maximum Gasteiger partial charge on any atom is 0.407 e. The number of nitrogens with one attached hydrogen (secondary N) is 3. The van der Waals surface area contributed by atoms with Crippen molar-refractivity contribution in [2.45, 2.75) is 101 Å². The molecule has 2 aromatic carbocycles. The number of hydrogen-bond donors (Lipinski definition) is 3. The molecule has 7 rings (SSSR count). The lowest BCUT2D eigenvalue weighted by Gasteiger charge is -2.31. The van der Waals surface area contributed by atoms with Crippen LogP contribution in [0.4, 0.5) is 13.6 Å². The molecule has 3 N–H and O–H groups in total. The Balaban J connectivity index is 1.25. The molecule has 14 nitrogen and oxygen atoms in total. The first kappa shape index (κ1) is 40.0. The van der Waals surface area contributed by atoms with E-state index in [4.69, 9.17) is 19.4 Å². The Morgan fingerprint density at radius 2 is 1.79 bits per heavy atom. The van der Waals surface area contributed by atoms with Crippen molar-refractivity contribution in [2.24, 2.45) is 11.8 Å². The summed E-state index contributed by atoms with van der Waals surface area (Å²) in [6.45, 7) is 3.35. The molecule has 1 aromatic heterocycles. The van der Waals surface area contributed by atoms with Crippen LogP contribution in [0.2, 0.25) is 0 Å². The van der Waals surface area contributed by atoms with Gasteiger partial charge in [-0.1, -0.05) is 62.4 Å². The number of halogens is 2. The molecular weight excluding hydrogens is 763 g/mol. The number of nitrogens with zero attached hydrogens (tertiary/aromatic N) is 3. The third-order valence-corrected chi connectivity index (χ3v) is 12.7. The van der Waals surface area contributed by atoms with Gasteiger partial charge in [-0.25, -0.2) is 32.0 Å². The maximum absolute atomic E-state index is 14.4. The Hall–Kier alpha value is -5.19. The minimum atomic E-state index is -4.14. The summed E-state index contributed by atoms with van der Waals surface area (Å²) in [6, 6.07) is 12.3. The van der Waals surface area contributed by atoms with Crippen LogP contribution in [0.3, 0.4) is 0 Å². The van der Waals surface area contributed by atoms with E-state index in [-0.39, 0.29) is 25.5 Å². The van der Waals surface area contributed by atoms with Gasteiger partial charge in [0.05, 0.1) is 35.4 Å². The molecule has 3 heterocycles. The topological polar surface area (TPSA) is 186 Å². The number of amides is 4. The van der Waals surface area contributed by atoms with Gasteiger partial charge in [0.25, 0.3) is 5.91 Å². The fourth-order valence-corrected chi connectivity index (χ4v) is 8.75. The van der Waals surface area contributed by atoms with E-state index in [0.717, 1.165) is 24.8 Å². The summed E-state index contributed by atoms with van der Waals surface area (Å²) in [4.78, 5) is 66.0. The summed E-state index contributed by atoms with van der Waals surface area (Å²) >= 11 is 0. The molecule has 2 aliphatic heterocycles. The predicted molar refractivity (Wildman–Crippen MR) is 205 cm³/mol. The lowest BCUT2D eigenvalue weighted by atomic mass is 10.0. The van der Waals surface area contributed by atoms with E-state index in [2.05, 4.69) is 16.7 Å². The third kappa shape index (κ3) is 8.87. The fourth-order valence-electron chi connectivity index (χ4n) is 7.38. The highest BCUT2D eigenvalue weighted by atomic mass is 32.2. The molecule has 0 spiro atoms. The van der Waals surface area contributed by atoms with Gasteiger partial charge < -0.3 is 25.0 Å². The first-order valence-corrected chi connectivity index (χ1v) is 20.9. The molecule has 1 saturated heterocycles. The van der Waals surface area contributed by atoms with E-state index < -0.39 is 87.5 Å². The number of hydrogen-bond acceptors (Lipinski definition) is 10. The quantitative estimate of drug-likeness (QED) is 0.287. The first-order chi connectivity index (χ1) is 27.3. The molecule has 4 aliphatic rings. The minimum Gasteiger partial charge on any atom is -0.471 e. The van der Waals surface area contributed by atoms with Crippen LogP contribution in [0.25, 0.3) is 28.4 Å². The predicted octanol–water partition coefficient (Wildman–Crippen LogP) is 4.73. The van der Waals surface area contributed by atoms with Crippen molar-refractivity contribution in [3.63, 3.8) is 0 Å². The Kier molecular flexibility index (Phi) is 11.5. The second kappa shape index (κ2) is 16.3. The van der Waals surface area contributed by atoms with Crippen LogP contribution in [0, 0.1) is 11.8 Å².